The number of anilines is 1. The molecule has 0 saturated carbocycles. The second-order valence-corrected chi connectivity index (χ2v) is 4.47. The molecule has 1 aromatic rings. The van der Waals surface area contributed by atoms with Crippen LogP contribution in [0.15, 0.2) is 18.5 Å². The standard InChI is InChI=1S/C11H17BN4O/c1-15-2-4-16(5-3-15)11(17)14-10-6-9(12)7-13-8-10/h6-8H,2-5,12H2,1H3,(H,14,17). The molecule has 0 bridgehead atoms. The maximum absolute atomic E-state index is 12.0. The third-order valence-electron chi connectivity index (χ3n) is 2.92. The molecule has 0 aromatic carbocycles. The predicted molar refractivity (Wildman–Crippen MR) is 70.5 cm³/mol. The number of carbonyl (C=O) groups is 1. The van der Waals surface area contributed by atoms with Crippen LogP contribution in [0.3, 0.4) is 0 Å². The van der Waals surface area contributed by atoms with Crippen LogP contribution >= 0.6 is 0 Å². The normalized spacial score (nSPS) is 16.9. The summed E-state index contributed by atoms with van der Waals surface area (Å²) in [6.07, 6.45) is 3.44. The zero-order chi connectivity index (χ0) is 12.3. The largest absolute Gasteiger partial charge is 0.322 e. The average Bonchev–Trinajstić information content (AvgIpc) is 2.29. The highest BCUT2D eigenvalue weighted by Gasteiger charge is 2.18. The van der Waals surface area contributed by atoms with Crippen molar-refractivity contribution in [2.45, 2.75) is 0 Å². The number of pyridine rings is 1. The molecule has 0 spiro atoms. The highest BCUT2D eigenvalue weighted by atomic mass is 16.2. The van der Waals surface area contributed by atoms with Crippen molar-refractivity contribution in [2.24, 2.45) is 0 Å². The van der Waals surface area contributed by atoms with Gasteiger partial charge in [0.1, 0.15) is 7.85 Å². The van der Waals surface area contributed by atoms with Gasteiger partial charge < -0.3 is 15.1 Å². The minimum Gasteiger partial charge on any atom is -0.322 e. The third-order valence-corrected chi connectivity index (χ3v) is 2.92. The molecule has 5 nitrogen and oxygen atoms in total. The average molecular weight is 232 g/mol. The minimum absolute atomic E-state index is 0.0366. The Kier molecular flexibility index (Phi) is 3.63. The van der Waals surface area contributed by atoms with Gasteiger partial charge >= 0.3 is 6.03 Å². The molecule has 1 aromatic heterocycles. The molecule has 1 aliphatic heterocycles. The molecule has 90 valence electrons. The molecule has 17 heavy (non-hydrogen) atoms. The number of likely N-dealkylation sites (N-methyl/N-ethyl adjacent to an activating group) is 1. The summed E-state index contributed by atoms with van der Waals surface area (Å²) in [7, 11) is 4.03. The van der Waals surface area contributed by atoms with Gasteiger partial charge in [0.25, 0.3) is 0 Å². The molecular formula is C11H17BN4O. The minimum atomic E-state index is -0.0366. The van der Waals surface area contributed by atoms with Crippen LogP contribution in [0.5, 0.6) is 0 Å². The van der Waals surface area contributed by atoms with Crippen LogP contribution in [0.2, 0.25) is 0 Å². The highest BCUT2D eigenvalue weighted by molar-refractivity contribution is 6.32. The first-order valence-electron chi connectivity index (χ1n) is 5.81. The molecule has 1 fully saturated rings. The number of hydrogen-bond acceptors (Lipinski definition) is 3. The summed E-state index contributed by atoms with van der Waals surface area (Å²) in [5.41, 5.74) is 1.80. The molecule has 0 unspecified atom stereocenters. The maximum atomic E-state index is 12.0. The van der Waals surface area contributed by atoms with Gasteiger partial charge in [0, 0.05) is 32.4 Å². The lowest BCUT2D eigenvalue weighted by Gasteiger charge is -2.32. The fourth-order valence-corrected chi connectivity index (χ4v) is 1.84. The predicted octanol–water partition coefficient (Wildman–Crippen LogP) is -0.881. The fourth-order valence-electron chi connectivity index (χ4n) is 1.84. The number of aromatic nitrogens is 1. The quantitative estimate of drug-likeness (QED) is 0.639. The zero-order valence-electron chi connectivity index (χ0n) is 10.3. The van der Waals surface area contributed by atoms with Crippen LogP contribution < -0.4 is 10.8 Å². The first kappa shape index (κ1) is 11.9. The van der Waals surface area contributed by atoms with E-state index in [2.05, 4.69) is 22.2 Å². The summed E-state index contributed by atoms with van der Waals surface area (Å²) >= 11 is 0. The number of hydrogen-bond donors (Lipinski definition) is 1. The molecule has 2 rings (SSSR count). The number of nitrogens with zero attached hydrogens (tertiary/aromatic N) is 3. The van der Waals surface area contributed by atoms with Gasteiger partial charge in [-0.15, -0.1) is 0 Å². The van der Waals surface area contributed by atoms with Crippen LogP contribution in [0.25, 0.3) is 0 Å². The molecule has 1 N–H and O–H groups in total. The Morgan fingerprint density at radius 3 is 2.71 bits per heavy atom. The van der Waals surface area contributed by atoms with Crippen molar-refractivity contribution >= 4 is 25.0 Å². The Hall–Kier alpha value is -1.56. The Labute approximate surface area is 102 Å². The van der Waals surface area contributed by atoms with Crippen LogP contribution in [0.4, 0.5) is 10.5 Å². The van der Waals surface area contributed by atoms with Crippen molar-refractivity contribution in [1.29, 1.82) is 0 Å². The van der Waals surface area contributed by atoms with Gasteiger partial charge in [0.05, 0.1) is 11.9 Å². The zero-order valence-corrected chi connectivity index (χ0v) is 10.3. The molecule has 0 atom stereocenters. The van der Waals surface area contributed by atoms with Crippen molar-refractivity contribution in [2.75, 3.05) is 38.5 Å². The molecular weight excluding hydrogens is 215 g/mol. The van der Waals surface area contributed by atoms with Crippen molar-refractivity contribution in [1.82, 2.24) is 14.8 Å². The van der Waals surface area contributed by atoms with Gasteiger partial charge in [0.15, 0.2) is 0 Å². The monoisotopic (exact) mass is 232 g/mol. The Balaban J connectivity index is 1.93. The van der Waals surface area contributed by atoms with E-state index in [0.717, 1.165) is 37.3 Å². The fraction of sp³-hybridized carbons (Fsp3) is 0.455. The van der Waals surface area contributed by atoms with Crippen LogP contribution in [0, 0.1) is 0 Å². The van der Waals surface area contributed by atoms with Gasteiger partial charge in [-0.25, -0.2) is 4.79 Å². The molecule has 1 aliphatic rings. The summed E-state index contributed by atoms with van der Waals surface area (Å²) in [5.74, 6) is 0. The smallest absolute Gasteiger partial charge is 0.321 e. The van der Waals surface area contributed by atoms with E-state index in [9.17, 15) is 4.79 Å². The van der Waals surface area contributed by atoms with Crippen molar-refractivity contribution in [3.05, 3.63) is 18.5 Å². The number of rotatable bonds is 1. The van der Waals surface area contributed by atoms with Crippen LogP contribution in [-0.4, -0.2) is 61.9 Å². The van der Waals surface area contributed by atoms with Gasteiger partial charge in [-0.2, -0.15) is 0 Å². The van der Waals surface area contributed by atoms with E-state index in [4.69, 9.17) is 0 Å². The Morgan fingerprint density at radius 1 is 1.35 bits per heavy atom. The number of nitrogens with one attached hydrogen (secondary N) is 1. The number of piperazine rings is 1. The van der Waals surface area contributed by atoms with Gasteiger partial charge in [-0.1, -0.05) is 5.46 Å². The lowest BCUT2D eigenvalue weighted by Crippen LogP contribution is -2.48. The Bertz CT molecular complexity index is 404. The summed E-state index contributed by atoms with van der Waals surface area (Å²) in [6.45, 7) is 3.42. The van der Waals surface area contributed by atoms with Crippen molar-refractivity contribution in [3.8, 4) is 0 Å². The SMILES string of the molecule is Bc1cncc(NC(=O)N2CCN(C)CC2)c1. The summed E-state index contributed by atoms with van der Waals surface area (Å²) in [6, 6.07) is 1.88. The van der Waals surface area contributed by atoms with E-state index < -0.39 is 0 Å². The van der Waals surface area contributed by atoms with Crippen molar-refractivity contribution in [3.63, 3.8) is 0 Å². The second-order valence-electron chi connectivity index (χ2n) is 4.47. The van der Waals surface area contributed by atoms with Crippen LogP contribution in [0.1, 0.15) is 0 Å². The third kappa shape index (κ3) is 3.20. The molecule has 0 aliphatic carbocycles. The summed E-state index contributed by atoms with van der Waals surface area (Å²) in [5, 5.41) is 2.87. The topological polar surface area (TPSA) is 48.5 Å². The Morgan fingerprint density at radius 2 is 2.06 bits per heavy atom. The van der Waals surface area contributed by atoms with E-state index in [1.54, 1.807) is 12.4 Å². The number of amides is 2. The van der Waals surface area contributed by atoms with Gasteiger partial charge in [-0.3, -0.25) is 4.98 Å². The maximum Gasteiger partial charge on any atom is 0.321 e. The molecule has 1 saturated heterocycles. The molecule has 2 amide bonds. The molecule has 0 radical (unpaired) electrons. The van der Waals surface area contributed by atoms with E-state index >= 15 is 0 Å². The van der Waals surface area contributed by atoms with Gasteiger partial charge in [-0.05, 0) is 13.1 Å². The highest BCUT2D eigenvalue weighted by Crippen LogP contribution is 2.05. The molecule has 2 heterocycles. The number of carbonyl (C=O) groups excluding carboxylic acids is 1. The summed E-state index contributed by atoms with van der Waals surface area (Å²) < 4.78 is 0. The molecule has 6 heteroatoms. The van der Waals surface area contributed by atoms with E-state index in [1.165, 1.54) is 0 Å². The number of urea groups is 1. The van der Waals surface area contributed by atoms with Gasteiger partial charge in [0.2, 0.25) is 0 Å². The van der Waals surface area contributed by atoms with E-state index in [-0.39, 0.29) is 6.03 Å². The lowest BCUT2D eigenvalue weighted by molar-refractivity contribution is 0.164. The first-order chi connectivity index (χ1) is 8.15. The summed E-state index contributed by atoms with van der Waals surface area (Å²) in [4.78, 5) is 20.1. The van der Waals surface area contributed by atoms with E-state index in [0.29, 0.717) is 0 Å². The second kappa shape index (κ2) is 5.18. The van der Waals surface area contributed by atoms with Crippen molar-refractivity contribution < 1.29 is 4.79 Å². The first-order valence-corrected chi connectivity index (χ1v) is 5.81. The van der Waals surface area contributed by atoms with Crippen LogP contribution in [-0.2, 0) is 0 Å². The van der Waals surface area contributed by atoms with E-state index in [1.807, 2.05) is 18.8 Å². The lowest BCUT2D eigenvalue weighted by atomic mass is 9.99.